The Kier molecular flexibility index (Phi) is 8.70. The van der Waals surface area contributed by atoms with E-state index in [0.717, 1.165) is 55.9 Å². The Balaban J connectivity index is 1.48. The molecule has 236 valence electrons. The number of fused-ring (bicyclic) bond motifs is 4. The summed E-state index contributed by atoms with van der Waals surface area (Å²) in [7, 11) is 4.85. The maximum absolute atomic E-state index is 13.4. The van der Waals surface area contributed by atoms with Crippen molar-refractivity contribution >= 4 is 29.2 Å². The second-order valence-electron chi connectivity index (χ2n) is 13.0. The van der Waals surface area contributed by atoms with Gasteiger partial charge in [0.25, 0.3) is 0 Å². The van der Waals surface area contributed by atoms with Gasteiger partial charge in [-0.25, -0.2) is 4.79 Å². The van der Waals surface area contributed by atoms with Gasteiger partial charge >= 0.3 is 5.97 Å². The van der Waals surface area contributed by atoms with Crippen LogP contribution in [0.5, 0.6) is 5.75 Å². The van der Waals surface area contributed by atoms with Gasteiger partial charge in [0.2, 0.25) is 5.91 Å². The van der Waals surface area contributed by atoms with Gasteiger partial charge in [-0.1, -0.05) is 35.9 Å². The number of aryl methyl sites for hydroxylation is 1. The summed E-state index contributed by atoms with van der Waals surface area (Å²) >= 11 is 6.43. The van der Waals surface area contributed by atoms with Crippen LogP contribution in [-0.4, -0.2) is 75.5 Å². The predicted octanol–water partition coefficient (Wildman–Crippen LogP) is 5.59. The Hall–Kier alpha value is -3.07. The number of anilines is 1. The highest BCUT2D eigenvalue weighted by Crippen LogP contribution is 2.48. The third kappa shape index (κ3) is 5.50. The molecular formula is C35H43ClN2O6. The van der Waals surface area contributed by atoms with E-state index in [2.05, 4.69) is 29.2 Å². The number of carbonyl (C=O) groups excluding carboxylic acids is 1. The number of rotatable bonds is 3. The number of halogens is 1. The maximum atomic E-state index is 13.4. The molecule has 0 unspecified atom stereocenters. The van der Waals surface area contributed by atoms with E-state index < -0.39 is 11.6 Å². The summed E-state index contributed by atoms with van der Waals surface area (Å²) in [6.45, 7) is 2.50. The molecule has 1 N–H and O–H groups in total. The van der Waals surface area contributed by atoms with E-state index in [1.165, 1.54) is 18.2 Å². The highest BCUT2D eigenvalue weighted by Gasteiger charge is 2.47. The first kappa shape index (κ1) is 30.9. The van der Waals surface area contributed by atoms with Crippen molar-refractivity contribution in [2.75, 3.05) is 52.4 Å². The fourth-order valence-electron chi connectivity index (χ4n) is 7.85. The standard InChI is InChI=1S/C35H43ClN2O6/c1-37-16-5-4-8-30(42-2)27-12-9-24(27)20-38-21-34(15-6-7-23-17-26(36)11-13-28(23)34)22-44-31-14-10-25(18-29(31)38)35(43-3,33(40)41)19-32(37)39/h4,8,10-11,13-14,17-18,24,27,30H,5-7,9,12,15-16,19-22H2,1-3H3,(H,40,41)/b8-4-/t24-,27+,30+,34-,35-/m0/s1. The summed E-state index contributed by atoms with van der Waals surface area (Å²) in [5, 5.41) is 11.3. The van der Waals surface area contributed by atoms with Crippen LogP contribution in [0.15, 0.2) is 48.6 Å². The summed E-state index contributed by atoms with van der Waals surface area (Å²) in [6, 6.07) is 11.7. The molecule has 44 heavy (non-hydrogen) atoms. The van der Waals surface area contributed by atoms with Gasteiger partial charge in [0, 0.05) is 51.3 Å². The van der Waals surface area contributed by atoms with E-state index in [9.17, 15) is 14.7 Å². The van der Waals surface area contributed by atoms with Crippen molar-refractivity contribution in [2.45, 2.75) is 62.1 Å². The number of ether oxygens (including phenoxy) is 3. The monoisotopic (exact) mass is 622 g/mol. The minimum absolute atomic E-state index is 0.00337. The van der Waals surface area contributed by atoms with E-state index in [0.29, 0.717) is 42.7 Å². The first-order valence-electron chi connectivity index (χ1n) is 15.7. The van der Waals surface area contributed by atoms with Crippen molar-refractivity contribution in [3.63, 3.8) is 0 Å². The molecule has 2 bridgehead atoms. The van der Waals surface area contributed by atoms with Crippen LogP contribution < -0.4 is 9.64 Å². The summed E-state index contributed by atoms with van der Waals surface area (Å²) in [4.78, 5) is 30.3. The third-order valence-corrected chi connectivity index (χ3v) is 10.8. The van der Waals surface area contributed by atoms with Gasteiger partial charge in [0.1, 0.15) is 5.75 Å². The van der Waals surface area contributed by atoms with Gasteiger partial charge in [-0.2, -0.15) is 0 Å². The second-order valence-corrected chi connectivity index (χ2v) is 13.5. The average Bonchev–Trinajstić information content (AvgIpc) is 3.15. The maximum Gasteiger partial charge on any atom is 0.341 e. The lowest BCUT2D eigenvalue weighted by Gasteiger charge is -2.46. The van der Waals surface area contributed by atoms with Gasteiger partial charge in [-0.15, -0.1) is 0 Å². The molecule has 0 aromatic heterocycles. The van der Waals surface area contributed by atoms with Crippen LogP contribution in [0.2, 0.25) is 5.02 Å². The van der Waals surface area contributed by atoms with Crippen LogP contribution in [0.4, 0.5) is 5.69 Å². The summed E-state index contributed by atoms with van der Waals surface area (Å²) in [5.74, 6) is -0.0131. The second kappa shape index (κ2) is 12.4. The summed E-state index contributed by atoms with van der Waals surface area (Å²) in [5.41, 5.74) is 1.73. The average molecular weight is 623 g/mol. The number of carboxylic acid groups (broad SMARTS) is 1. The van der Waals surface area contributed by atoms with Crippen LogP contribution in [0, 0.1) is 11.8 Å². The first-order valence-corrected chi connectivity index (χ1v) is 16.1. The van der Waals surface area contributed by atoms with E-state index in [-0.39, 0.29) is 23.8 Å². The molecule has 2 aliphatic carbocycles. The minimum Gasteiger partial charge on any atom is -0.490 e. The van der Waals surface area contributed by atoms with E-state index in [1.54, 1.807) is 25.1 Å². The molecule has 4 aliphatic rings. The number of carboxylic acids is 1. The molecule has 1 amide bonds. The molecule has 2 aromatic rings. The van der Waals surface area contributed by atoms with Crippen molar-refractivity contribution in [2.24, 2.45) is 11.8 Å². The van der Waals surface area contributed by atoms with Crippen molar-refractivity contribution in [3.8, 4) is 5.75 Å². The summed E-state index contributed by atoms with van der Waals surface area (Å²) < 4.78 is 18.4. The van der Waals surface area contributed by atoms with Gasteiger partial charge in [-0.3, -0.25) is 4.79 Å². The largest absolute Gasteiger partial charge is 0.490 e. The van der Waals surface area contributed by atoms with Gasteiger partial charge < -0.3 is 29.1 Å². The van der Waals surface area contributed by atoms with Crippen molar-refractivity contribution in [3.05, 3.63) is 70.3 Å². The molecule has 5 atom stereocenters. The first-order chi connectivity index (χ1) is 21.2. The molecule has 0 saturated heterocycles. The molecule has 1 spiro atoms. The number of carbonyl (C=O) groups is 2. The highest BCUT2D eigenvalue weighted by molar-refractivity contribution is 6.30. The smallest absolute Gasteiger partial charge is 0.341 e. The molecule has 1 fully saturated rings. The molecule has 0 radical (unpaired) electrons. The molecule has 6 rings (SSSR count). The van der Waals surface area contributed by atoms with Crippen LogP contribution in [-0.2, 0) is 36.5 Å². The van der Waals surface area contributed by atoms with Crippen LogP contribution in [0.3, 0.4) is 0 Å². The Morgan fingerprint density at radius 1 is 1.16 bits per heavy atom. The molecule has 9 heteroatoms. The van der Waals surface area contributed by atoms with Crippen LogP contribution in [0.25, 0.3) is 0 Å². The van der Waals surface area contributed by atoms with Gasteiger partial charge in [0.15, 0.2) is 5.60 Å². The molecule has 8 nitrogen and oxygen atoms in total. The van der Waals surface area contributed by atoms with Crippen LogP contribution >= 0.6 is 11.6 Å². The Bertz CT molecular complexity index is 1450. The number of benzene rings is 2. The number of amides is 1. The number of aliphatic carboxylic acids is 1. The Morgan fingerprint density at radius 3 is 2.73 bits per heavy atom. The lowest BCUT2D eigenvalue weighted by Crippen LogP contribution is -2.49. The van der Waals surface area contributed by atoms with Gasteiger partial charge in [0.05, 0.1) is 24.8 Å². The van der Waals surface area contributed by atoms with E-state index >= 15 is 0 Å². The van der Waals surface area contributed by atoms with Crippen LogP contribution in [0.1, 0.15) is 55.2 Å². The quantitative estimate of drug-likeness (QED) is 0.447. The van der Waals surface area contributed by atoms with Crippen molar-refractivity contribution in [1.29, 1.82) is 0 Å². The van der Waals surface area contributed by atoms with E-state index in [4.69, 9.17) is 25.8 Å². The molecule has 2 aliphatic heterocycles. The number of hydrogen-bond donors (Lipinski definition) is 1. The Labute approximate surface area is 264 Å². The number of nitrogens with zero attached hydrogens (tertiary/aromatic N) is 2. The lowest BCUT2D eigenvalue weighted by atomic mass is 9.68. The minimum atomic E-state index is -1.84. The fourth-order valence-corrected chi connectivity index (χ4v) is 8.04. The zero-order valence-corrected chi connectivity index (χ0v) is 26.6. The van der Waals surface area contributed by atoms with Crippen molar-refractivity contribution < 1.29 is 28.9 Å². The third-order valence-electron chi connectivity index (χ3n) is 10.6. The molecule has 2 heterocycles. The van der Waals surface area contributed by atoms with Gasteiger partial charge in [-0.05, 0) is 91.3 Å². The SMILES string of the molecule is CO[C@@H]1/C=C\CCN(C)C(=O)C[C@@](OC)(C(=O)O)c2ccc3c(c2)N(C[C@@H]2CC[C@H]21)C[C@@]1(CCCc2cc(Cl)ccc21)CO3. The fraction of sp³-hybridized carbons (Fsp3) is 0.543. The zero-order chi connectivity index (χ0) is 31.1. The normalized spacial score (nSPS) is 31.3. The predicted molar refractivity (Wildman–Crippen MR) is 170 cm³/mol. The number of methoxy groups -OCH3 is 2. The molecular weight excluding hydrogens is 580 g/mol. The van der Waals surface area contributed by atoms with Crippen molar-refractivity contribution in [1.82, 2.24) is 4.90 Å². The highest BCUT2D eigenvalue weighted by atomic mass is 35.5. The summed E-state index contributed by atoms with van der Waals surface area (Å²) in [6.07, 6.45) is 9.74. The lowest BCUT2D eigenvalue weighted by molar-refractivity contribution is -0.169. The topological polar surface area (TPSA) is 88.5 Å². The Morgan fingerprint density at radius 2 is 2.00 bits per heavy atom. The molecule has 1 saturated carbocycles. The number of hydrogen-bond acceptors (Lipinski definition) is 6. The van der Waals surface area contributed by atoms with E-state index in [1.807, 2.05) is 18.2 Å². The zero-order valence-electron chi connectivity index (χ0n) is 25.9. The molecule has 2 aromatic carbocycles.